The van der Waals surface area contributed by atoms with Crippen LogP contribution in [0.2, 0.25) is 0 Å². The molecule has 1 amide bonds. The molecule has 5 heteroatoms. The molecule has 0 spiro atoms. The monoisotopic (exact) mass is 272 g/mol. The number of likely N-dealkylation sites (tertiary alicyclic amines) is 1. The molecule has 0 bridgehead atoms. The van der Waals surface area contributed by atoms with Crippen molar-refractivity contribution < 1.29 is 14.6 Å². The van der Waals surface area contributed by atoms with Crippen LogP contribution in [-0.2, 0) is 4.74 Å². The van der Waals surface area contributed by atoms with Crippen LogP contribution in [0.5, 0.6) is 0 Å². The minimum atomic E-state index is -0.332. The maximum absolute atomic E-state index is 11.5. The summed E-state index contributed by atoms with van der Waals surface area (Å²) < 4.78 is 4.94. The Bertz CT molecular complexity index is 271. The summed E-state index contributed by atoms with van der Waals surface area (Å²) >= 11 is 0. The first-order valence-corrected chi connectivity index (χ1v) is 7.31. The van der Waals surface area contributed by atoms with E-state index in [1.165, 1.54) is 0 Å². The van der Waals surface area contributed by atoms with E-state index < -0.39 is 0 Å². The van der Waals surface area contributed by atoms with Crippen molar-refractivity contribution in [3.8, 4) is 0 Å². The van der Waals surface area contributed by atoms with Gasteiger partial charge in [-0.25, -0.2) is 4.79 Å². The van der Waals surface area contributed by atoms with Crippen molar-refractivity contribution in [2.75, 3.05) is 32.8 Å². The number of alkyl carbamates (subject to hydrolysis) is 1. The molecule has 2 unspecified atom stereocenters. The van der Waals surface area contributed by atoms with Crippen molar-refractivity contribution in [2.45, 2.75) is 39.7 Å². The molecule has 1 heterocycles. The molecule has 2 atom stereocenters. The highest BCUT2D eigenvalue weighted by molar-refractivity contribution is 5.67. The van der Waals surface area contributed by atoms with Crippen LogP contribution in [0.4, 0.5) is 4.79 Å². The molecule has 1 rings (SSSR count). The van der Waals surface area contributed by atoms with Gasteiger partial charge >= 0.3 is 6.09 Å². The summed E-state index contributed by atoms with van der Waals surface area (Å²) in [6.07, 6.45) is 1.39. The average molecular weight is 272 g/mol. The highest BCUT2D eigenvalue weighted by Gasteiger charge is 2.28. The number of aliphatic hydroxyl groups is 1. The lowest BCUT2D eigenvalue weighted by molar-refractivity contribution is 0.0999. The number of nitrogens with one attached hydrogen (secondary N) is 1. The summed E-state index contributed by atoms with van der Waals surface area (Å²) in [4.78, 5) is 13.9. The van der Waals surface area contributed by atoms with E-state index in [1.807, 2.05) is 0 Å². The highest BCUT2D eigenvalue weighted by atomic mass is 16.5. The first-order valence-electron chi connectivity index (χ1n) is 7.31. The van der Waals surface area contributed by atoms with Crippen LogP contribution in [0.15, 0.2) is 0 Å². The lowest BCUT2D eigenvalue weighted by Gasteiger charge is -2.38. The number of ether oxygens (including phenoxy) is 1. The zero-order chi connectivity index (χ0) is 14.3. The summed E-state index contributed by atoms with van der Waals surface area (Å²) in [5, 5.41) is 12.0. The molecule has 2 N–H and O–H groups in total. The summed E-state index contributed by atoms with van der Waals surface area (Å²) in [6, 6.07) is 0.128. The van der Waals surface area contributed by atoms with E-state index in [0.717, 1.165) is 32.5 Å². The van der Waals surface area contributed by atoms with Crippen LogP contribution in [0, 0.1) is 11.8 Å². The van der Waals surface area contributed by atoms with Crippen LogP contribution in [-0.4, -0.2) is 55.0 Å². The Hall–Kier alpha value is -0.810. The number of hydrogen-bond donors (Lipinski definition) is 2. The Kier molecular flexibility index (Phi) is 7.16. The predicted octanol–water partition coefficient (Wildman–Crippen LogP) is 1.46. The van der Waals surface area contributed by atoms with Crippen LogP contribution in [0.1, 0.15) is 33.6 Å². The molecule has 112 valence electrons. The average Bonchev–Trinajstić information content (AvgIpc) is 2.28. The van der Waals surface area contributed by atoms with Crippen LogP contribution in [0.3, 0.4) is 0 Å². The number of carbonyl (C=O) groups excluding carboxylic acids is 1. The second-order valence-corrected chi connectivity index (χ2v) is 5.79. The van der Waals surface area contributed by atoms with Crippen molar-refractivity contribution >= 4 is 6.09 Å². The van der Waals surface area contributed by atoms with Gasteiger partial charge in [0.1, 0.15) is 0 Å². The van der Waals surface area contributed by atoms with E-state index in [-0.39, 0.29) is 18.7 Å². The Labute approximate surface area is 116 Å². The topological polar surface area (TPSA) is 61.8 Å². The van der Waals surface area contributed by atoms with Gasteiger partial charge in [-0.3, -0.25) is 0 Å². The van der Waals surface area contributed by atoms with Gasteiger partial charge in [-0.05, 0) is 31.6 Å². The van der Waals surface area contributed by atoms with Gasteiger partial charge in [0.2, 0.25) is 0 Å². The van der Waals surface area contributed by atoms with Crippen molar-refractivity contribution in [2.24, 2.45) is 11.8 Å². The van der Waals surface area contributed by atoms with Crippen molar-refractivity contribution in [3.05, 3.63) is 0 Å². The third kappa shape index (κ3) is 6.25. The first kappa shape index (κ1) is 16.2. The molecule has 0 aromatic rings. The fraction of sp³-hybridized carbons (Fsp3) is 0.929. The van der Waals surface area contributed by atoms with E-state index in [9.17, 15) is 4.79 Å². The van der Waals surface area contributed by atoms with E-state index in [2.05, 4.69) is 24.1 Å². The lowest BCUT2D eigenvalue weighted by Crippen LogP contribution is -2.51. The number of hydrogen-bond acceptors (Lipinski definition) is 4. The minimum absolute atomic E-state index is 0.128. The van der Waals surface area contributed by atoms with Crippen LogP contribution < -0.4 is 5.32 Å². The molecular formula is C14H28N2O3. The number of carbonyl (C=O) groups is 1. The van der Waals surface area contributed by atoms with Crippen LogP contribution >= 0.6 is 0 Å². The molecule has 19 heavy (non-hydrogen) atoms. The van der Waals surface area contributed by atoms with Gasteiger partial charge in [-0.1, -0.05) is 13.8 Å². The SMILES string of the molecule is CCOC(=O)NC1CC(CCO)CN(CC(C)C)C1. The van der Waals surface area contributed by atoms with Crippen LogP contribution in [0.25, 0.3) is 0 Å². The predicted molar refractivity (Wildman–Crippen MR) is 75.0 cm³/mol. The molecule has 5 nitrogen and oxygen atoms in total. The van der Waals surface area contributed by atoms with E-state index >= 15 is 0 Å². The molecule has 0 aromatic heterocycles. The van der Waals surface area contributed by atoms with Gasteiger partial charge in [0.15, 0.2) is 0 Å². The quantitative estimate of drug-likeness (QED) is 0.768. The van der Waals surface area contributed by atoms with Gasteiger partial charge in [0.25, 0.3) is 0 Å². The largest absolute Gasteiger partial charge is 0.450 e. The van der Waals surface area contributed by atoms with Crippen molar-refractivity contribution in [3.63, 3.8) is 0 Å². The van der Waals surface area contributed by atoms with Gasteiger partial charge in [0, 0.05) is 32.3 Å². The summed E-state index contributed by atoms with van der Waals surface area (Å²) in [6.45, 7) is 9.73. The molecule has 1 aliphatic heterocycles. The van der Waals surface area contributed by atoms with E-state index in [0.29, 0.717) is 18.4 Å². The second-order valence-electron chi connectivity index (χ2n) is 5.79. The Morgan fingerprint density at radius 2 is 2.21 bits per heavy atom. The molecule has 0 aromatic carbocycles. The smallest absolute Gasteiger partial charge is 0.407 e. The molecule has 0 aliphatic carbocycles. The minimum Gasteiger partial charge on any atom is -0.450 e. The second kappa shape index (κ2) is 8.38. The molecule has 1 aliphatic rings. The molecule has 1 saturated heterocycles. The zero-order valence-corrected chi connectivity index (χ0v) is 12.4. The number of nitrogens with zero attached hydrogens (tertiary/aromatic N) is 1. The zero-order valence-electron chi connectivity index (χ0n) is 12.4. The van der Waals surface area contributed by atoms with E-state index in [1.54, 1.807) is 6.92 Å². The number of piperidine rings is 1. The number of rotatable bonds is 6. The summed E-state index contributed by atoms with van der Waals surface area (Å²) in [5.74, 6) is 1.06. The van der Waals surface area contributed by atoms with Crippen molar-refractivity contribution in [1.82, 2.24) is 10.2 Å². The first-order chi connectivity index (χ1) is 9.05. The maximum atomic E-state index is 11.5. The van der Waals surface area contributed by atoms with Gasteiger partial charge in [-0.2, -0.15) is 0 Å². The Morgan fingerprint density at radius 3 is 2.79 bits per heavy atom. The fourth-order valence-corrected chi connectivity index (χ4v) is 2.80. The fourth-order valence-electron chi connectivity index (χ4n) is 2.80. The van der Waals surface area contributed by atoms with Gasteiger partial charge < -0.3 is 20.1 Å². The Morgan fingerprint density at radius 1 is 1.47 bits per heavy atom. The third-order valence-electron chi connectivity index (χ3n) is 3.37. The van der Waals surface area contributed by atoms with Gasteiger partial charge in [0.05, 0.1) is 6.61 Å². The Balaban J connectivity index is 2.51. The summed E-state index contributed by atoms with van der Waals surface area (Å²) in [5.41, 5.74) is 0. The summed E-state index contributed by atoms with van der Waals surface area (Å²) in [7, 11) is 0. The van der Waals surface area contributed by atoms with Crippen molar-refractivity contribution in [1.29, 1.82) is 0 Å². The molecular weight excluding hydrogens is 244 g/mol. The number of aliphatic hydroxyl groups excluding tert-OH is 1. The molecule has 0 saturated carbocycles. The third-order valence-corrected chi connectivity index (χ3v) is 3.37. The lowest BCUT2D eigenvalue weighted by atomic mass is 9.91. The van der Waals surface area contributed by atoms with E-state index in [4.69, 9.17) is 9.84 Å². The standard InChI is InChI=1S/C14H28N2O3/c1-4-19-14(18)15-13-7-12(5-6-17)9-16(10-13)8-11(2)3/h11-13,17H,4-10H2,1-3H3,(H,15,18). The highest BCUT2D eigenvalue weighted by Crippen LogP contribution is 2.20. The van der Waals surface area contributed by atoms with Gasteiger partial charge in [-0.15, -0.1) is 0 Å². The number of amides is 1. The maximum Gasteiger partial charge on any atom is 0.407 e. The molecule has 1 fully saturated rings. The normalized spacial score (nSPS) is 24.5. The molecule has 0 radical (unpaired) electrons.